The van der Waals surface area contributed by atoms with Crippen molar-refractivity contribution in [2.75, 3.05) is 24.5 Å². The number of rotatable bonds is 8. The van der Waals surface area contributed by atoms with Crippen LogP contribution >= 0.6 is 0 Å². The Morgan fingerprint density at radius 1 is 0.932 bits per heavy atom. The summed E-state index contributed by atoms with van der Waals surface area (Å²) in [5.41, 5.74) is 1.62. The molecular formula is C36H41F2N5O. The molecule has 4 saturated heterocycles. The van der Waals surface area contributed by atoms with E-state index < -0.39 is 5.82 Å². The first kappa shape index (κ1) is 28.1. The van der Waals surface area contributed by atoms with Crippen molar-refractivity contribution in [1.29, 1.82) is 0 Å². The van der Waals surface area contributed by atoms with Crippen LogP contribution in [0.3, 0.4) is 0 Å². The summed E-state index contributed by atoms with van der Waals surface area (Å²) in [7, 11) is 0. The van der Waals surface area contributed by atoms with E-state index in [1.165, 1.54) is 31.7 Å². The Morgan fingerprint density at radius 2 is 1.73 bits per heavy atom. The van der Waals surface area contributed by atoms with Crippen LogP contribution in [0.4, 0.5) is 14.6 Å². The van der Waals surface area contributed by atoms with Gasteiger partial charge >= 0.3 is 0 Å². The third-order valence-electron chi connectivity index (χ3n) is 10.8. The van der Waals surface area contributed by atoms with Gasteiger partial charge in [0.2, 0.25) is 0 Å². The lowest BCUT2D eigenvalue weighted by Gasteiger charge is -2.53. The number of fused-ring (bicyclic) bond motifs is 6. The van der Waals surface area contributed by atoms with Crippen LogP contribution in [-0.2, 0) is 12.8 Å². The highest BCUT2D eigenvalue weighted by atomic mass is 19.1. The number of aryl methyl sites for hydroxylation is 2. The fourth-order valence-corrected chi connectivity index (χ4v) is 8.62. The molecule has 2 N–H and O–H groups in total. The molecule has 5 heterocycles. The Balaban J connectivity index is 1.18. The number of piperidine rings is 1. The zero-order chi connectivity index (χ0) is 29.9. The van der Waals surface area contributed by atoms with Crippen molar-refractivity contribution in [2.45, 2.75) is 95.3 Å². The molecule has 0 spiro atoms. The number of aromatic nitrogens is 2. The molecule has 8 heteroatoms. The summed E-state index contributed by atoms with van der Waals surface area (Å²) >= 11 is 0. The average Bonchev–Trinajstić information content (AvgIpc) is 3.37. The fraction of sp³-hybridized carbons (Fsp3) is 0.500. The average molecular weight is 598 g/mol. The maximum atomic E-state index is 16.8. The third-order valence-corrected chi connectivity index (χ3v) is 10.8. The molecule has 3 aromatic carbocycles. The van der Waals surface area contributed by atoms with Gasteiger partial charge in [0.1, 0.15) is 28.7 Å². The van der Waals surface area contributed by atoms with E-state index in [0.29, 0.717) is 69.1 Å². The van der Waals surface area contributed by atoms with Crippen molar-refractivity contribution < 1.29 is 13.9 Å². The van der Waals surface area contributed by atoms with Gasteiger partial charge in [0.25, 0.3) is 0 Å². The zero-order valence-electron chi connectivity index (χ0n) is 25.5. The highest BCUT2D eigenvalue weighted by Gasteiger charge is 2.40. The van der Waals surface area contributed by atoms with Gasteiger partial charge in [-0.1, -0.05) is 25.5 Å². The Labute approximate surface area is 257 Å². The van der Waals surface area contributed by atoms with E-state index in [-0.39, 0.29) is 11.6 Å². The monoisotopic (exact) mass is 597 g/mol. The predicted molar refractivity (Wildman–Crippen MR) is 171 cm³/mol. The molecule has 4 fully saturated rings. The third kappa shape index (κ3) is 4.81. The molecule has 0 radical (unpaired) electrons. The number of nitrogens with one attached hydrogen (secondary N) is 1. The lowest BCUT2D eigenvalue weighted by Crippen LogP contribution is -2.58. The van der Waals surface area contributed by atoms with Gasteiger partial charge in [-0.2, -0.15) is 0 Å². The van der Waals surface area contributed by atoms with Crippen molar-refractivity contribution in [3.8, 4) is 16.9 Å². The zero-order valence-corrected chi connectivity index (χ0v) is 25.5. The Bertz CT molecular complexity index is 1720. The SMILES string of the molecule is CCc1c(F)ccc2cc(O)cc(-c3ccc4c(N5CC6CCC(C5)N6)nc(CCCCN5C6CCCC5C6)nc4c3F)c12. The predicted octanol–water partition coefficient (Wildman–Crippen LogP) is 6.89. The Morgan fingerprint density at radius 3 is 2.48 bits per heavy atom. The molecule has 6 nitrogen and oxygen atoms in total. The van der Waals surface area contributed by atoms with Crippen LogP contribution in [0, 0.1) is 11.6 Å². The minimum Gasteiger partial charge on any atom is -0.508 e. The van der Waals surface area contributed by atoms with Gasteiger partial charge in [0.05, 0.1) is 0 Å². The Kier molecular flexibility index (Phi) is 7.17. The maximum absolute atomic E-state index is 16.8. The van der Waals surface area contributed by atoms with E-state index in [4.69, 9.17) is 9.97 Å². The van der Waals surface area contributed by atoms with Crippen LogP contribution in [0.2, 0.25) is 0 Å². The maximum Gasteiger partial charge on any atom is 0.157 e. The summed E-state index contributed by atoms with van der Waals surface area (Å²) in [5.74, 6) is 0.742. The second kappa shape index (κ2) is 11.2. The number of anilines is 1. The molecule has 4 bridgehead atoms. The second-order valence-corrected chi connectivity index (χ2v) is 13.5. The molecule has 230 valence electrons. The molecule has 4 unspecified atom stereocenters. The van der Waals surface area contributed by atoms with Gasteiger partial charge in [-0.25, -0.2) is 18.7 Å². The van der Waals surface area contributed by atoms with Crippen LogP contribution in [-0.4, -0.2) is 63.8 Å². The number of phenols is 1. The molecule has 4 atom stereocenters. The number of nitrogens with zero attached hydrogens (tertiary/aromatic N) is 4. The van der Waals surface area contributed by atoms with E-state index >= 15 is 4.39 Å². The van der Waals surface area contributed by atoms with E-state index in [1.54, 1.807) is 24.3 Å². The van der Waals surface area contributed by atoms with Gasteiger partial charge in [0.15, 0.2) is 5.82 Å². The lowest BCUT2D eigenvalue weighted by atomic mass is 9.79. The number of benzene rings is 3. The number of hydrogen-bond acceptors (Lipinski definition) is 6. The van der Waals surface area contributed by atoms with Gasteiger partial charge in [-0.15, -0.1) is 0 Å². The topological polar surface area (TPSA) is 64.5 Å². The van der Waals surface area contributed by atoms with Crippen LogP contribution in [0.1, 0.15) is 69.7 Å². The van der Waals surface area contributed by atoms with Gasteiger partial charge < -0.3 is 15.3 Å². The van der Waals surface area contributed by atoms with Crippen LogP contribution < -0.4 is 10.2 Å². The molecule has 1 aromatic heterocycles. The van der Waals surface area contributed by atoms with Crippen molar-refractivity contribution in [2.24, 2.45) is 0 Å². The van der Waals surface area contributed by atoms with E-state index in [9.17, 15) is 9.50 Å². The fourth-order valence-electron chi connectivity index (χ4n) is 8.62. The van der Waals surface area contributed by atoms with Crippen LogP contribution in [0.15, 0.2) is 36.4 Å². The molecule has 8 rings (SSSR count). The first-order valence-electron chi connectivity index (χ1n) is 16.7. The number of unbranched alkanes of at least 4 members (excludes halogenated alkanes) is 1. The number of piperazine rings is 1. The molecule has 4 aromatic rings. The van der Waals surface area contributed by atoms with Crippen molar-refractivity contribution in [1.82, 2.24) is 20.2 Å². The minimum atomic E-state index is -0.447. The van der Waals surface area contributed by atoms with E-state index in [0.717, 1.165) is 63.2 Å². The summed E-state index contributed by atoms with van der Waals surface area (Å²) in [6.07, 6.45) is 10.9. The quantitative estimate of drug-likeness (QED) is 0.216. The number of halogens is 2. The molecule has 4 aliphatic heterocycles. The molecule has 0 amide bonds. The van der Waals surface area contributed by atoms with Crippen LogP contribution in [0.5, 0.6) is 5.75 Å². The van der Waals surface area contributed by atoms with Crippen molar-refractivity contribution in [3.05, 3.63) is 59.4 Å². The standard InChI is InChI=1S/C36H41F2N5O/c1-2-27-31(37)14-9-21-16-26(44)18-30(33(21)27)28-12-13-29-35(34(28)38)40-32(8-3-4-15-43-24-6-5-7-25(43)17-24)41-36(29)42-19-22-10-11-23(20-42)39-22/h9,12-14,16,18,22-25,39,44H,2-8,10-11,15,17,19-20H2,1H3. The molecule has 4 aliphatic rings. The highest BCUT2D eigenvalue weighted by molar-refractivity contribution is 6.03. The normalized spacial score (nSPS) is 24.8. The number of aromatic hydroxyl groups is 1. The number of phenolic OH excluding ortho intramolecular Hbond substituents is 1. The summed E-state index contributed by atoms with van der Waals surface area (Å²) < 4.78 is 31.8. The summed E-state index contributed by atoms with van der Waals surface area (Å²) in [6.45, 7) is 4.71. The summed E-state index contributed by atoms with van der Waals surface area (Å²) in [4.78, 5) is 15.0. The highest BCUT2D eigenvalue weighted by Crippen LogP contribution is 2.41. The first-order chi connectivity index (χ1) is 21.5. The Hall–Kier alpha value is -3.36. The van der Waals surface area contributed by atoms with Gasteiger partial charge in [0, 0.05) is 54.6 Å². The van der Waals surface area contributed by atoms with Crippen molar-refractivity contribution in [3.63, 3.8) is 0 Å². The molecule has 0 aliphatic carbocycles. The second-order valence-electron chi connectivity index (χ2n) is 13.5. The first-order valence-corrected chi connectivity index (χ1v) is 16.7. The van der Waals surface area contributed by atoms with E-state index in [1.807, 2.05) is 13.0 Å². The summed E-state index contributed by atoms with van der Waals surface area (Å²) in [5, 5.41) is 16.3. The van der Waals surface area contributed by atoms with E-state index in [2.05, 4.69) is 15.1 Å². The molecular weight excluding hydrogens is 556 g/mol. The smallest absolute Gasteiger partial charge is 0.157 e. The summed E-state index contributed by atoms with van der Waals surface area (Å²) in [6, 6.07) is 12.3. The molecule has 0 saturated carbocycles. The minimum absolute atomic E-state index is 0.0207. The number of hydrogen-bond donors (Lipinski definition) is 2. The largest absolute Gasteiger partial charge is 0.508 e. The van der Waals surface area contributed by atoms with Crippen molar-refractivity contribution >= 4 is 27.5 Å². The van der Waals surface area contributed by atoms with Crippen LogP contribution in [0.25, 0.3) is 32.8 Å². The van der Waals surface area contributed by atoms with Gasteiger partial charge in [-0.3, -0.25) is 4.90 Å². The lowest BCUT2D eigenvalue weighted by molar-refractivity contribution is -0.0277. The van der Waals surface area contributed by atoms with Gasteiger partial charge in [-0.05, 0) is 104 Å². The molecule has 44 heavy (non-hydrogen) atoms.